The highest BCUT2D eigenvalue weighted by molar-refractivity contribution is 5.77. The molecule has 0 saturated carbocycles. The van der Waals surface area contributed by atoms with Crippen LogP contribution in [0.15, 0.2) is 91.3 Å². The van der Waals surface area contributed by atoms with Gasteiger partial charge in [-0.15, -0.1) is 0 Å². The third kappa shape index (κ3) is 4.57. The molecule has 0 amide bonds. The van der Waals surface area contributed by atoms with Gasteiger partial charge in [-0.05, 0) is 48.5 Å². The van der Waals surface area contributed by atoms with Crippen molar-refractivity contribution in [2.75, 3.05) is 22.9 Å². The third-order valence-corrected chi connectivity index (χ3v) is 4.60. The van der Waals surface area contributed by atoms with Crippen LogP contribution in [-0.2, 0) is 0 Å². The topological polar surface area (TPSA) is 105 Å². The number of benzene rings is 3. The van der Waals surface area contributed by atoms with Gasteiger partial charge in [-0.2, -0.15) is 0 Å². The summed E-state index contributed by atoms with van der Waals surface area (Å²) in [4.78, 5) is 19.7. The first-order chi connectivity index (χ1) is 15.7. The fraction of sp³-hybridized carbons (Fsp3) is 0.0435. The first-order valence-corrected chi connectivity index (χ1v) is 9.73. The van der Waals surface area contributed by atoms with E-state index in [0.717, 1.165) is 11.4 Å². The molecule has 1 aromatic heterocycles. The van der Waals surface area contributed by atoms with Crippen molar-refractivity contribution in [1.82, 2.24) is 9.97 Å². The summed E-state index contributed by atoms with van der Waals surface area (Å²) in [6.45, 7) is 0. The molecule has 1 heterocycles. The van der Waals surface area contributed by atoms with Gasteiger partial charge in [0.2, 0.25) is 11.6 Å². The maximum atomic E-state index is 12.0. The zero-order chi connectivity index (χ0) is 22.3. The van der Waals surface area contributed by atoms with E-state index in [-0.39, 0.29) is 17.3 Å². The molecule has 0 aliphatic heterocycles. The smallest absolute Gasteiger partial charge is 0.355 e. The lowest BCUT2D eigenvalue weighted by Crippen LogP contribution is -2.26. The van der Waals surface area contributed by atoms with Crippen LogP contribution >= 0.6 is 0 Å². The van der Waals surface area contributed by atoms with Crippen molar-refractivity contribution >= 4 is 34.4 Å². The fourth-order valence-corrected chi connectivity index (χ4v) is 3.07. The van der Waals surface area contributed by atoms with Gasteiger partial charge < -0.3 is 10.1 Å². The van der Waals surface area contributed by atoms with Gasteiger partial charge in [0.05, 0.1) is 23.4 Å². The highest BCUT2D eigenvalue weighted by Gasteiger charge is 2.25. The molecule has 2 N–H and O–H groups in total. The Balaban J connectivity index is 1.71. The number of hydrogen-bond acceptors (Lipinski definition) is 8. The van der Waals surface area contributed by atoms with Gasteiger partial charge in [-0.1, -0.05) is 36.4 Å². The Labute approximate surface area is 184 Å². The van der Waals surface area contributed by atoms with E-state index < -0.39 is 4.92 Å². The van der Waals surface area contributed by atoms with Crippen molar-refractivity contribution in [2.45, 2.75) is 0 Å². The van der Waals surface area contributed by atoms with Crippen LogP contribution in [-0.4, -0.2) is 22.0 Å². The number of methoxy groups -OCH3 is 1. The van der Waals surface area contributed by atoms with E-state index >= 15 is 0 Å². The van der Waals surface area contributed by atoms with E-state index in [2.05, 4.69) is 20.7 Å². The van der Waals surface area contributed by atoms with Gasteiger partial charge in [-0.25, -0.2) is 9.97 Å². The normalized spacial score (nSPS) is 10.3. The Kier molecular flexibility index (Phi) is 6.08. The highest BCUT2D eigenvalue weighted by Crippen LogP contribution is 2.34. The number of hydrogen-bond donors (Lipinski definition) is 2. The lowest BCUT2D eigenvalue weighted by atomic mass is 10.2. The fourth-order valence-electron chi connectivity index (χ4n) is 3.07. The Morgan fingerprint density at radius 3 is 1.94 bits per heavy atom. The Morgan fingerprint density at radius 1 is 0.844 bits per heavy atom. The monoisotopic (exact) mass is 428 g/mol. The van der Waals surface area contributed by atoms with Gasteiger partial charge in [0, 0.05) is 5.69 Å². The quantitative estimate of drug-likeness (QED) is 0.288. The molecule has 0 radical (unpaired) electrons. The maximum absolute atomic E-state index is 12.0. The van der Waals surface area contributed by atoms with Crippen LogP contribution in [0, 0.1) is 10.1 Å². The molecule has 0 spiro atoms. The van der Waals surface area contributed by atoms with Crippen LogP contribution in [0.2, 0.25) is 0 Å². The van der Waals surface area contributed by atoms with Crippen molar-refractivity contribution in [3.63, 3.8) is 0 Å². The molecule has 0 saturated heterocycles. The number of aromatic nitrogens is 2. The van der Waals surface area contributed by atoms with Gasteiger partial charge in [0.25, 0.3) is 0 Å². The van der Waals surface area contributed by atoms with Crippen molar-refractivity contribution in [1.29, 1.82) is 0 Å². The molecule has 9 nitrogen and oxygen atoms in total. The molecule has 3 aromatic carbocycles. The second kappa shape index (κ2) is 9.43. The zero-order valence-corrected chi connectivity index (χ0v) is 17.2. The second-order valence-electron chi connectivity index (χ2n) is 6.65. The number of para-hydroxylation sites is 2. The number of nitro groups is 1. The predicted molar refractivity (Wildman–Crippen MR) is 124 cm³/mol. The SMILES string of the molecule is COc1ccc(Nc2ncnc(NN(c3ccccc3)c3ccccc3)c2[N+](=O)[O-])cc1. The molecule has 0 fully saturated rings. The summed E-state index contributed by atoms with van der Waals surface area (Å²) in [5.74, 6) is 0.795. The number of hydrazine groups is 1. The van der Waals surface area contributed by atoms with Crippen LogP contribution in [0.4, 0.5) is 34.4 Å². The Bertz CT molecular complexity index is 1150. The molecule has 160 valence electrons. The largest absolute Gasteiger partial charge is 0.497 e. The van der Waals surface area contributed by atoms with Gasteiger partial charge in [0.15, 0.2) is 0 Å². The molecule has 0 aliphatic carbocycles. The first-order valence-electron chi connectivity index (χ1n) is 9.73. The number of nitrogens with one attached hydrogen (secondary N) is 2. The average Bonchev–Trinajstić information content (AvgIpc) is 2.84. The summed E-state index contributed by atoms with van der Waals surface area (Å²) in [5, 5.41) is 16.7. The van der Waals surface area contributed by atoms with Crippen LogP contribution < -0.4 is 20.5 Å². The molecule has 0 unspecified atom stereocenters. The number of ether oxygens (including phenoxy) is 1. The molecule has 0 bridgehead atoms. The van der Waals surface area contributed by atoms with E-state index in [1.807, 2.05) is 60.7 Å². The summed E-state index contributed by atoms with van der Waals surface area (Å²) in [5.41, 5.74) is 5.01. The van der Waals surface area contributed by atoms with Crippen molar-refractivity contribution < 1.29 is 9.66 Å². The van der Waals surface area contributed by atoms with E-state index in [1.165, 1.54) is 6.33 Å². The summed E-state index contributed by atoms with van der Waals surface area (Å²) < 4.78 is 5.15. The first kappa shape index (κ1) is 20.6. The Hall–Kier alpha value is -4.66. The molecule has 4 rings (SSSR count). The third-order valence-electron chi connectivity index (χ3n) is 4.60. The van der Waals surface area contributed by atoms with Crippen LogP contribution in [0.1, 0.15) is 0 Å². The molecular weight excluding hydrogens is 408 g/mol. The molecule has 9 heteroatoms. The average molecular weight is 428 g/mol. The highest BCUT2D eigenvalue weighted by atomic mass is 16.6. The summed E-state index contributed by atoms with van der Waals surface area (Å²) >= 11 is 0. The summed E-state index contributed by atoms with van der Waals surface area (Å²) in [6, 6.07) is 25.9. The predicted octanol–water partition coefficient (Wildman–Crippen LogP) is 5.30. The molecule has 0 atom stereocenters. The number of rotatable bonds is 8. The molecule has 4 aromatic rings. The lowest BCUT2D eigenvalue weighted by Gasteiger charge is -2.26. The summed E-state index contributed by atoms with van der Waals surface area (Å²) in [6.07, 6.45) is 1.27. The van der Waals surface area contributed by atoms with Crippen LogP contribution in [0.5, 0.6) is 5.75 Å². The minimum atomic E-state index is -0.512. The van der Waals surface area contributed by atoms with Gasteiger partial charge in [0.1, 0.15) is 12.1 Å². The molecule has 0 aliphatic rings. The minimum absolute atomic E-state index is 0.0497. The second-order valence-corrected chi connectivity index (χ2v) is 6.65. The molecular formula is C23H20N6O3. The van der Waals surface area contributed by atoms with Crippen molar-refractivity contribution in [3.05, 3.63) is 101 Å². The zero-order valence-electron chi connectivity index (χ0n) is 17.2. The van der Waals surface area contributed by atoms with Gasteiger partial charge >= 0.3 is 5.69 Å². The Morgan fingerprint density at radius 2 is 1.41 bits per heavy atom. The maximum Gasteiger partial charge on any atom is 0.355 e. The summed E-state index contributed by atoms with van der Waals surface area (Å²) in [7, 11) is 1.57. The van der Waals surface area contributed by atoms with E-state index in [9.17, 15) is 10.1 Å². The van der Waals surface area contributed by atoms with Crippen LogP contribution in [0.3, 0.4) is 0 Å². The van der Waals surface area contributed by atoms with E-state index in [1.54, 1.807) is 36.4 Å². The molecule has 32 heavy (non-hydrogen) atoms. The van der Waals surface area contributed by atoms with Crippen molar-refractivity contribution in [2.24, 2.45) is 0 Å². The van der Waals surface area contributed by atoms with Gasteiger partial charge in [-0.3, -0.25) is 20.5 Å². The number of anilines is 5. The van der Waals surface area contributed by atoms with E-state index in [4.69, 9.17) is 4.74 Å². The number of nitrogens with zero attached hydrogens (tertiary/aromatic N) is 4. The van der Waals surface area contributed by atoms with Crippen LogP contribution in [0.25, 0.3) is 0 Å². The lowest BCUT2D eigenvalue weighted by molar-refractivity contribution is -0.383. The van der Waals surface area contributed by atoms with Crippen molar-refractivity contribution in [3.8, 4) is 5.75 Å². The van der Waals surface area contributed by atoms with E-state index in [0.29, 0.717) is 11.4 Å². The minimum Gasteiger partial charge on any atom is -0.497 e. The standard InChI is InChI=1S/C23H20N6O3/c1-32-20-14-12-17(13-15-20)26-22-21(29(30)31)23(25-16-24-22)27-28(18-8-4-2-5-9-18)19-10-6-3-7-11-19/h2-16H,1H3,(H2,24,25,26,27).